The molecule has 0 unspecified atom stereocenters. The third-order valence-electron chi connectivity index (χ3n) is 17.4. The Bertz CT molecular complexity index is 4020. The predicted octanol–water partition coefficient (Wildman–Crippen LogP) is 9.12. The number of hydrogen-bond acceptors (Lipinski definition) is 19. The van der Waals surface area contributed by atoms with Crippen LogP contribution in [-0.2, 0) is 14.3 Å². The number of amides is 4. The van der Waals surface area contributed by atoms with Gasteiger partial charge in [-0.3, -0.25) is 34.1 Å². The van der Waals surface area contributed by atoms with E-state index in [0.29, 0.717) is 104 Å². The van der Waals surface area contributed by atoms with E-state index in [-0.39, 0.29) is 42.3 Å². The highest BCUT2D eigenvalue weighted by Crippen LogP contribution is 2.40. The molecule has 0 aliphatic carbocycles. The molecule has 4 aliphatic rings. The molecule has 1 fully saturated rings. The van der Waals surface area contributed by atoms with E-state index in [4.69, 9.17) is 14.5 Å². The molecule has 0 bridgehead atoms. The Kier molecular flexibility index (Phi) is 22.0. The molecule has 7 aromatic rings. The van der Waals surface area contributed by atoms with E-state index in [1.807, 2.05) is 88.4 Å². The number of aromatic amines is 2. The van der Waals surface area contributed by atoms with E-state index >= 15 is 0 Å². The maximum atomic E-state index is 13.3. The molecule has 11 rings (SSSR count). The van der Waals surface area contributed by atoms with Crippen molar-refractivity contribution in [2.45, 2.75) is 87.8 Å². The topological polar surface area (TPSA) is 279 Å². The third-order valence-corrected chi connectivity index (χ3v) is 18.7. The molecule has 4 aromatic heterocycles. The minimum absolute atomic E-state index is 0.0439. The van der Waals surface area contributed by atoms with Crippen LogP contribution in [0.2, 0.25) is 0 Å². The average Bonchev–Trinajstić information content (AvgIpc) is 1.60. The summed E-state index contributed by atoms with van der Waals surface area (Å²) in [5.74, 6) is 1.15. The van der Waals surface area contributed by atoms with Crippen molar-refractivity contribution in [1.82, 2.24) is 49.1 Å². The Hall–Kier alpha value is -8.53. The minimum Gasteiger partial charge on any atom is -0.472 e. The summed E-state index contributed by atoms with van der Waals surface area (Å²) in [5.41, 5.74) is 13.6. The van der Waals surface area contributed by atoms with Crippen molar-refractivity contribution in [3.8, 4) is 5.88 Å². The molecule has 4 aliphatic heterocycles. The van der Waals surface area contributed by atoms with Gasteiger partial charge in [0.25, 0.3) is 29.5 Å². The maximum Gasteiger partial charge on any atom is 0.270 e. The van der Waals surface area contributed by atoms with E-state index in [1.165, 1.54) is 0 Å². The minimum atomic E-state index is -0.831. The van der Waals surface area contributed by atoms with Gasteiger partial charge in [0.05, 0.1) is 69.4 Å². The molecule has 0 spiro atoms. The molecular formula is C68H86BrN17O7S. The number of fused-ring (bicyclic) bond motifs is 3. The molecule has 4 amide bonds. The van der Waals surface area contributed by atoms with Gasteiger partial charge in [0, 0.05) is 127 Å². The van der Waals surface area contributed by atoms with Crippen molar-refractivity contribution in [2.24, 2.45) is 4.99 Å². The summed E-state index contributed by atoms with van der Waals surface area (Å²) in [6.45, 7) is 33.0. The number of carbonyl (C=O) groups excluding carboxylic acids is 4. The van der Waals surface area contributed by atoms with Gasteiger partial charge in [-0.15, -0.1) is 4.37 Å². The lowest BCUT2D eigenvalue weighted by molar-refractivity contribution is -0.111. The normalized spacial score (nSPS) is 15.7. The number of aryl methyl sites for hydroxylation is 2. The maximum absolute atomic E-state index is 13.3. The number of aliphatic hydroxyl groups is 1. The fourth-order valence-corrected chi connectivity index (χ4v) is 13.2. The Balaban J connectivity index is 0.000000206. The van der Waals surface area contributed by atoms with E-state index in [1.54, 1.807) is 12.4 Å². The number of β-amino-alcohol motifs (C(OH)–C–C–N with tert-alkyl or cyclic N) is 1. The molecule has 1 saturated heterocycles. The summed E-state index contributed by atoms with van der Waals surface area (Å²) in [6, 6.07) is 15.6. The number of H-pyrrole nitrogens is 2. The summed E-state index contributed by atoms with van der Waals surface area (Å²) in [5, 5.41) is 26.7. The molecular weight excluding hydrogens is 1280 g/mol. The monoisotopic (exact) mass is 1360 g/mol. The van der Waals surface area contributed by atoms with Crippen molar-refractivity contribution >= 4 is 126 Å². The van der Waals surface area contributed by atoms with Crippen molar-refractivity contribution in [3.63, 3.8) is 0 Å². The number of halogens is 1. The van der Waals surface area contributed by atoms with E-state index in [9.17, 15) is 24.3 Å². The van der Waals surface area contributed by atoms with E-state index in [2.05, 4.69) is 144 Å². The van der Waals surface area contributed by atoms with Gasteiger partial charge in [0.2, 0.25) is 11.8 Å². The van der Waals surface area contributed by atoms with Crippen LogP contribution in [-0.4, -0.2) is 190 Å². The first-order valence-corrected chi connectivity index (χ1v) is 33.7. The zero-order chi connectivity index (χ0) is 67.0. The summed E-state index contributed by atoms with van der Waals surface area (Å²) < 4.78 is 21.0. The largest absolute Gasteiger partial charge is 0.472 e. The van der Waals surface area contributed by atoms with Crippen LogP contribution in [0.15, 0.2) is 70.4 Å². The zero-order valence-electron chi connectivity index (χ0n) is 55.5. The second-order valence-electron chi connectivity index (χ2n) is 24.4. The predicted molar refractivity (Wildman–Crippen MR) is 379 cm³/mol. The number of ether oxygens (including phenoxy) is 2. The van der Waals surface area contributed by atoms with Gasteiger partial charge in [-0.2, -0.15) is 4.37 Å². The second-order valence-corrected chi connectivity index (χ2v) is 25.8. The quantitative estimate of drug-likeness (QED) is 0.0277. The van der Waals surface area contributed by atoms with Crippen molar-refractivity contribution in [1.29, 1.82) is 0 Å². The van der Waals surface area contributed by atoms with Crippen LogP contribution in [0.4, 0.5) is 34.3 Å². The lowest BCUT2D eigenvalue weighted by atomic mass is 10.00. The first kappa shape index (κ1) is 68.3. The molecule has 8 N–H and O–H groups in total. The second kappa shape index (κ2) is 30.3. The third kappa shape index (κ3) is 15.3. The standard InChI is InChI=1S/C35H50N8O5S.C33H36BrN9O2/c1-8-41(9-2)13-12-36-33(46)30-22(3)29(37-23(30)4)19-27-26-18-24(10-11-28(26)38-32(27)45)43(35(5,6)7)20-25(44)21-48-34-31(39-49-40-34)42-14-16-47-17-15-42;1-5-42(6-2)15-13-37-32(45)28-19(3)27(39-20(28)4)18-23-22-17-21(7-8-24(22)40-31(23)44)43-16-14-38-33(43)41-25-9-10-26-30(29(25)34)36-12-11-35-26/h10-11,18-19,25,37,44H,8-9,12-17,20-21H2,1-7H3,(H,36,46)(H,38,45);7-12,17-18,39H,5-6,13-16H2,1-4H3,(H,37,45)(H,38,41)(H,40,44)/b27-19-;23-18-/t25-;/m0./s1. The highest BCUT2D eigenvalue weighted by Gasteiger charge is 2.33. The molecule has 8 heterocycles. The fourth-order valence-electron chi connectivity index (χ4n) is 12.2. The Morgan fingerprint density at radius 3 is 1.94 bits per heavy atom. The van der Waals surface area contributed by atoms with E-state index < -0.39 is 6.10 Å². The number of hydrogen-bond donors (Lipinski definition) is 8. The molecule has 0 saturated carbocycles. The number of aliphatic imine (C=N–C) groups is 1. The molecule has 26 heteroatoms. The number of aliphatic hydroxyl groups excluding tert-OH is 1. The summed E-state index contributed by atoms with van der Waals surface area (Å²) >= 11 is 4.76. The smallest absolute Gasteiger partial charge is 0.270 e. The Labute approximate surface area is 561 Å². The van der Waals surface area contributed by atoms with Crippen LogP contribution in [0, 0.1) is 27.7 Å². The van der Waals surface area contributed by atoms with Crippen LogP contribution in [0.3, 0.4) is 0 Å². The van der Waals surface area contributed by atoms with Gasteiger partial charge < -0.3 is 75.6 Å². The Morgan fingerprint density at radius 1 is 0.777 bits per heavy atom. The number of guanidine groups is 1. The number of likely N-dealkylation sites (N-methyl/N-ethyl adjacent to an activating group) is 2. The molecule has 498 valence electrons. The van der Waals surface area contributed by atoms with Crippen LogP contribution in [0.5, 0.6) is 5.88 Å². The Morgan fingerprint density at radius 2 is 1.35 bits per heavy atom. The van der Waals surface area contributed by atoms with Crippen LogP contribution >= 0.6 is 27.7 Å². The van der Waals surface area contributed by atoms with Gasteiger partial charge in [-0.25, -0.2) is 0 Å². The summed E-state index contributed by atoms with van der Waals surface area (Å²) in [4.78, 5) is 83.7. The lowest BCUT2D eigenvalue weighted by Crippen LogP contribution is -2.47. The number of aromatic nitrogens is 6. The SMILES string of the molecule is CCN(CC)CCNC(=O)c1c(C)[nH]c(/C=C2\C(=O)Nc3ccc(N(C[C@H](O)COc4nsnc4N4CCOCC4)C(C)(C)C)cc32)c1C.CCN(CC)CCNC(=O)c1c(C)[nH]c(/C=C2\C(=O)Nc3ccc(N4CCN=C4Nc4ccc5nccnc5c4Br)cc32)c1C. The summed E-state index contributed by atoms with van der Waals surface area (Å²) in [7, 11) is 0. The number of rotatable bonds is 23. The highest BCUT2D eigenvalue weighted by atomic mass is 79.9. The molecule has 3 aromatic carbocycles. The zero-order valence-corrected chi connectivity index (χ0v) is 57.9. The summed E-state index contributed by atoms with van der Waals surface area (Å²) in [6.07, 6.45) is 6.16. The van der Waals surface area contributed by atoms with Crippen LogP contribution in [0.25, 0.3) is 34.3 Å². The average molecular weight is 1370 g/mol. The van der Waals surface area contributed by atoms with Gasteiger partial charge in [0.1, 0.15) is 18.2 Å². The number of nitrogens with zero attached hydrogens (tertiary/aromatic N) is 10. The molecule has 0 radical (unpaired) electrons. The number of morpholine rings is 1. The van der Waals surface area contributed by atoms with Gasteiger partial charge in [-0.05, 0) is 162 Å². The molecule has 94 heavy (non-hydrogen) atoms. The molecule has 24 nitrogen and oxygen atoms in total. The first-order chi connectivity index (χ1) is 45.2. The number of nitrogens with one attached hydrogen (secondary N) is 7. The fraction of sp³-hybridized carbons (Fsp3) is 0.426. The number of anilines is 6. The van der Waals surface area contributed by atoms with Gasteiger partial charge >= 0.3 is 0 Å². The van der Waals surface area contributed by atoms with Crippen LogP contribution in [0.1, 0.15) is 114 Å². The molecule has 1 atom stereocenters. The van der Waals surface area contributed by atoms with Gasteiger partial charge in [-0.1, -0.05) is 27.7 Å². The van der Waals surface area contributed by atoms with E-state index in [0.717, 1.165) is 129 Å². The van der Waals surface area contributed by atoms with Crippen molar-refractivity contribution in [2.75, 3.05) is 136 Å². The number of benzene rings is 3. The van der Waals surface area contributed by atoms with Crippen molar-refractivity contribution in [3.05, 3.63) is 122 Å². The first-order valence-electron chi connectivity index (χ1n) is 32.2. The number of carbonyl (C=O) groups is 4. The van der Waals surface area contributed by atoms with Gasteiger partial charge in [0.15, 0.2) is 0 Å². The lowest BCUT2D eigenvalue weighted by Gasteiger charge is -2.39. The van der Waals surface area contributed by atoms with Crippen molar-refractivity contribution < 1.29 is 33.8 Å². The van der Waals surface area contributed by atoms with Crippen LogP contribution < -0.4 is 46.0 Å². The highest BCUT2D eigenvalue weighted by molar-refractivity contribution is 9.10.